The lowest BCUT2D eigenvalue weighted by atomic mass is 10.1. The van der Waals surface area contributed by atoms with Gasteiger partial charge in [-0.15, -0.1) is 0 Å². The van der Waals surface area contributed by atoms with Crippen LogP contribution < -0.4 is 9.44 Å². The van der Waals surface area contributed by atoms with Crippen LogP contribution in [0.3, 0.4) is 0 Å². The van der Waals surface area contributed by atoms with Gasteiger partial charge in [-0.25, -0.2) is 4.72 Å². The molecule has 0 aliphatic rings. The first kappa shape index (κ1) is 15.7. The highest BCUT2D eigenvalue weighted by molar-refractivity contribution is 7.87. The van der Waals surface area contributed by atoms with Crippen molar-refractivity contribution in [3.63, 3.8) is 0 Å². The van der Waals surface area contributed by atoms with Gasteiger partial charge in [0, 0.05) is 18.7 Å². The van der Waals surface area contributed by atoms with Crippen LogP contribution in [0.1, 0.15) is 24.5 Å². The predicted molar refractivity (Wildman–Crippen MR) is 74.5 cm³/mol. The van der Waals surface area contributed by atoms with E-state index >= 15 is 0 Å². The third-order valence-electron chi connectivity index (χ3n) is 2.25. The summed E-state index contributed by atoms with van der Waals surface area (Å²) in [6.07, 6.45) is 0.743. The van der Waals surface area contributed by atoms with Gasteiger partial charge in [-0.3, -0.25) is 0 Å². The summed E-state index contributed by atoms with van der Waals surface area (Å²) in [6.45, 7) is 2.31. The minimum absolute atomic E-state index is 0.197. The molecule has 0 amide bonds. The van der Waals surface area contributed by atoms with E-state index in [2.05, 4.69) is 21.3 Å². The van der Waals surface area contributed by atoms with E-state index in [9.17, 15) is 8.42 Å². The predicted octanol–water partition coefficient (Wildman–Crippen LogP) is 0.364. The zero-order valence-electron chi connectivity index (χ0n) is 10.8. The summed E-state index contributed by atoms with van der Waals surface area (Å²) >= 11 is 0. The standard InChI is InChI=1S/C13H18N2O3S/c1-2-8-14-19(17,18)15-11-13-6-3-5-12(10-13)7-4-9-16/h3,5-6,10,14-16H,2,8-9,11H2,1H3. The van der Waals surface area contributed by atoms with E-state index in [-0.39, 0.29) is 13.2 Å². The molecule has 0 unspecified atom stereocenters. The lowest BCUT2D eigenvalue weighted by Gasteiger charge is -2.07. The van der Waals surface area contributed by atoms with Crippen LogP contribution in [0, 0.1) is 11.8 Å². The molecule has 19 heavy (non-hydrogen) atoms. The molecule has 0 aliphatic heterocycles. The molecule has 0 heterocycles. The Balaban J connectivity index is 2.63. The molecule has 0 saturated heterocycles. The number of aliphatic hydroxyl groups is 1. The minimum atomic E-state index is -3.45. The first-order valence-corrected chi connectivity index (χ1v) is 7.48. The second kappa shape index (κ2) is 7.92. The molecule has 3 N–H and O–H groups in total. The molecule has 0 atom stereocenters. The van der Waals surface area contributed by atoms with Crippen molar-refractivity contribution in [2.45, 2.75) is 19.9 Å². The van der Waals surface area contributed by atoms with Gasteiger partial charge in [0.05, 0.1) is 0 Å². The zero-order valence-corrected chi connectivity index (χ0v) is 11.6. The second-order valence-corrected chi connectivity index (χ2v) is 5.46. The normalized spacial score (nSPS) is 10.8. The van der Waals surface area contributed by atoms with Crippen LogP contribution in [0.4, 0.5) is 0 Å². The van der Waals surface area contributed by atoms with E-state index < -0.39 is 10.2 Å². The molecular formula is C13H18N2O3S. The van der Waals surface area contributed by atoms with Crippen molar-refractivity contribution in [3.05, 3.63) is 35.4 Å². The van der Waals surface area contributed by atoms with Crippen LogP contribution in [0.25, 0.3) is 0 Å². The summed E-state index contributed by atoms with van der Waals surface area (Å²) in [4.78, 5) is 0. The molecule has 0 aliphatic carbocycles. The highest BCUT2D eigenvalue weighted by atomic mass is 32.2. The van der Waals surface area contributed by atoms with E-state index in [0.29, 0.717) is 6.54 Å². The Morgan fingerprint density at radius 1 is 1.32 bits per heavy atom. The average molecular weight is 282 g/mol. The Morgan fingerprint density at radius 3 is 2.79 bits per heavy atom. The monoisotopic (exact) mass is 282 g/mol. The third kappa shape index (κ3) is 6.36. The minimum Gasteiger partial charge on any atom is -0.384 e. The van der Waals surface area contributed by atoms with E-state index in [1.165, 1.54) is 0 Å². The van der Waals surface area contributed by atoms with E-state index in [0.717, 1.165) is 17.5 Å². The molecule has 0 fully saturated rings. The van der Waals surface area contributed by atoms with Gasteiger partial charge >= 0.3 is 0 Å². The summed E-state index contributed by atoms with van der Waals surface area (Å²) < 4.78 is 28.0. The molecule has 0 bridgehead atoms. The smallest absolute Gasteiger partial charge is 0.277 e. The van der Waals surface area contributed by atoms with Gasteiger partial charge in [0.25, 0.3) is 10.2 Å². The fourth-order valence-electron chi connectivity index (χ4n) is 1.37. The fraction of sp³-hybridized carbons (Fsp3) is 0.385. The molecule has 6 heteroatoms. The largest absolute Gasteiger partial charge is 0.384 e. The molecule has 0 aromatic heterocycles. The maximum absolute atomic E-state index is 11.5. The van der Waals surface area contributed by atoms with Gasteiger partial charge in [-0.05, 0) is 24.1 Å². The first-order chi connectivity index (χ1) is 9.07. The van der Waals surface area contributed by atoms with Gasteiger partial charge in [0.15, 0.2) is 0 Å². The second-order valence-electron chi connectivity index (χ2n) is 3.88. The molecule has 1 rings (SSSR count). The summed E-state index contributed by atoms with van der Waals surface area (Å²) in [5, 5.41) is 8.62. The maximum Gasteiger partial charge on any atom is 0.277 e. The number of rotatable bonds is 6. The fourth-order valence-corrected chi connectivity index (χ4v) is 2.30. The number of benzene rings is 1. The molecule has 0 spiro atoms. The van der Waals surface area contributed by atoms with Gasteiger partial charge < -0.3 is 5.11 Å². The summed E-state index contributed by atoms with van der Waals surface area (Å²) in [5.74, 6) is 5.32. The van der Waals surface area contributed by atoms with Crippen molar-refractivity contribution >= 4 is 10.2 Å². The van der Waals surface area contributed by atoms with Crippen LogP contribution in [-0.2, 0) is 16.8 Å². The molecule has 1 aromatic carbocycles. The highest BCUT2D eigenvalue weighted by Crippen LogP contribution is 2.04. The molecule has 104 valence electrons. The number of hydrogen-bond donors (Lipinski definition) is 3. The molecule has 0 saturated carbocycles. The summed E-state index contributed by atoms with van der Waals surface area (Å²) in [7, 11) is -3.45. The maximum atomic E-state index is 11.5. The highest BCUT2D eigenvalue weighted by Gasteiger charge is 2.07. The molecule has 5 nitrogen and oxygen atoms in total. The first-order valence-electron chi connectivity index (χ1n) is 6.00. The topological polar surface area (TPSA) is 78.4 Å². The number of hydrogen-bond acceptors (Lipinski definition) is 3. The van der Waals surface area contributed by atoms with Crippen LogP contribution in [0.5, 0.6) is 0 Å². The van der Waals surface area contributed by atoms with Crippen LogP contribution in [0.15, 0.2) is 24.3 Å². The van der Waals surface area contributed by atoms with Crippen LogP contribution in [-0.4, -0.2) is 26.7 Å². The number of aliphatic hydroxyl groups excluding tert-OH is 1. The van der Waals surface area contributed by atoms with Gasteiger partial charge in [0.2, 0.25) is 0 Å². The van der Waals surface area contributed by atoms with Gasteiger partial charge in [-0.1, -0.05) is 30.9 Å². The van der Waals surface area contributed by atoms with Crippen molar-refractivity contribution < 1.29 is 13.5 Å². The Morgan fingerprint density at radius 2 is 2.11 bits per heavy atom. The molecule has 0 radical (unpaired) electrons. The lowest BCUT2D eigenvalue weighted by Crippen LogP contribution is -2.36. The van der Waals surface area contributed by atoms with Crippen molar-refractivity contribution in [1.82, 2.24) is 9.44 Å². The van der Waals surface area contributed by atoms with Gasteiger partial charge in [0.1, 0.15) is 6.61 Å². The third-order valence-corrected chi connectivity index (χ3v) is 3.36. The molecule has 1 aromatic rings. The SMILES string of the molecule is CCCNS(=O)(=O)NCc1cccc(C#CCO)c1. The van der Waals surface area contributed by atoms with Crippen LogP contribution >= 0.6 is 0 Å². The Hall–Kier alpha value is -1.39. The zero-order chi connectivity index (χ0) is 14.1. The van der Waals surface area contributed by atoms with E-state index in [4.69, 9.17) is 5.11 Å². The van der Waals surface area contributed by atoms with Crippen molar-refractivity contribution in [3.8, 4) is 11.8 Å². The van der Waals surface area contributed by atoms with Crippen LogP contribution in [0.2, 0.25) is 0 Å². The Labute approximate surface area is 114 Å². The Bertz CT molecular complexity index is 559. The molecular weight excluding hydrogens is 264 g/mol. The van der Waals surface area contributed by atoms with E-state index in [1.807, 2.05) is 13.0 Å². The summed E-state index contributed by atoms with van der Waals surface area (Å²) in [5.41, 5.74) is 1.55. The summed E-state index contributed by atoms with van der Waals surface area (Å²) in [6, 6.07) is 7.19. The lowest BCUT2D eigenvalue weighted by molar-refractivity contribution is 0.350. The van der Waals surface area contributed by atoms with Crippen molar-refractivity contribution in [2.24, 2.45) is 0 Å². The van der Waals surface area contributed by atoms with Crippen molar-refractivity contribution in [2.75, 3.05) is 13.2 Å². The average Bonchev–Trinajstić information content (AvgIpc) is 2.41. The van der Waals surface area contributed by atoms with E-state index in [1.54, 1.807) is 18.2 Å². The van der Waals surface area contributed by atoms with Gasteiger partial charge in [-0.2, -0.15) is 13.1 Å². The quantitative estimate of drug-likeness (QED) is 0.659. The number of nitrogens with one attached hydrogen (secondary N) is 2. The van der Waals surface area contributed by atoms with Crippen molar-refractivity contribution in [1.29, 1.82) is 0 Å². The Kier molecular flexibility index (Phi) is 6.53.